The molecule has 0 heterocycles. The maximum Gasteiger partial charge on any atom is 0.0648 e. The minimum atomic E-state index is -0.392. The average molecular weight is 431 g/mol. The van der Waals surface area contributed by atoms with Crippen LogP contribution in [-0.4, -0.2) is 21.9 Å². The van der Waals surface area contributed by atoms with Gasteiger partial charge in [0.1, 0.15) is 0 Å². The molecule has 2 N–H and O–H groups in total. The van der Waals surface area contributed by atoms with Gasteiger partial charge in [0.15, 0.2) is 0 Å². The van der Waals surface area contributed by atoms with E-state index in [4.69, 9.17) is 0 Å². The van der Waals surface area contributed by atoms with Crippen molar-refractivity contribution in [3.8, 4) is 0 Å². The van der Waals surface area contributed by atoms with Gasteiger partial charge in [-0.05, 0) is 123 Å². The van der Waals surface area contributed by atoms with E-state index in [1.807, 2.05) is 0 Å². The lowest BCUT2D eigenvalue weighted by molar-refractivity contribution is -0.154. The zero-order chi connectivity index (χ0) is 22.4. The molecule has 4 aliphatic rings. The van der Waals surface area contributed by atoms with E-state index in [9.17, 15) is 10.2 Å². The molecule has 4 rings (SSSR count). The summed E-state index contributed by atoms with van der Waals surface area (Å²) in [6.45, 7) is 11.9. The molecule has 2 heteroatoms. The van der Waals surface area contributed by atoms with Gasteiger partial charge in [-0.1, -0.05) is 46.8 Å². The number of rotatable bonds is 6. The third-order valence-corrected chi connectivity index (χ3v) is 11.6. The Balaban J connectivity index is 1.49. The van der Waals surface area contributed by atoms with E-state index in [-0.39, 0.29) is 6.10 Å². The fraction of sp³-hybridized carbons (Fsp3) is 0.931. The van der Waals surface area contributed by atoms with Crippen LogP contribution in [-0.2, 0) is 0 Å². The monoisotopic (exact) mass is 430 g/mol. The van der Waals surface area contributed by atoms with Crippen LogP contribution in [0.15, 0.2) is 12.2 Å². The van der Waals surface area contributed by atoms with Gasteiger partial charge < -0.3 is 10.2 Å². The standard InChI is InChI=1S/C29H50O2/c1-6-8-9-10-26(30)20(3)23-13-14-24-22-12-11-21-19-29(31,7-2)18-17-27(21,4)25(22)15-16-28(23,24)5/h8-9,20-26,30-31H,6-7,10-19H2,1-5H3/b9-8+/t20-,21-,22-,23+,24-,25-,26+,27-,28+,29-/m0/s1. The van der Waals surface area contributed by atoms with Gasteiger partial charge in [-0.3, -0.25) is 0 Å². The summed E-state index contributed by atoms with van der Waals surface area (Å²) in [6, 6.07) is 0. The predicted molar refractivity (Wildman–Crippen MR) is 130 cm³/mol. The van der Waals surface area contributed by atoms with Gasteiger partial charge in [0, 0.05) is 0 Å². The predicted octanol–water partition coefficient (Wildman–Crippen LogP) is 7.14. The molecule has 0 aromatic heterocycles. The van der Waals surface area contributed by atoms with E-state index in [2.05, 4.69) is 46.8 Å². The SMILES string of the molecule is CC/C=C/C[C@@H](O)[C@@H](C)[C@H]1CC[C@H]2[C@@H]3CC[C@H]4C[C@](O)(CC)CC[C@]4(C)[C@H]3CC[C@]12C. The second kappa shape index (κ2) is 8.79. The summed E-state index contributed by atoms with van der Waals surface area (Å²) in [5, 5.41) is 22.0. The molecule has 0 radical (unpaired) electrons. The number of fused-ring (bicyclic) bond motifs is 5. The number of aliphatic hydroxyl groups is 2. The summed E-state index contributed by atoms with van der Waals surface area (Å²) in [6.07, 6.45) is 18.4. The van der Waals surface area contributed by atoms with Crippen molar-refractivity contribution in [3.63, 3.8) is 0 Å². The molecule has 0 bridgehead atoms. The fourth-order valence-electron chi connectivity index (χ4n) is 9.43. The van der Waals surface area contributed by atoms with E-state index in [0.29, 0.717) is 22.7 Å². The van der Waals surface area contributed by atoms with E-state index in [0.717, 1.165) is 55.8 Å². The van der Waals surface area contributed by atoms with Crippen LogP contribution in [0, 0.1) is 46.3 Å². The lowest BCUT2D eigenvalue weighted by atomic mass is 9.43. The first-order valence-electron chi connectivity index (χ1n) is 13.7. The minimum Gasteiger partial charge on any atom is -0.393 e. The molecule has 0 saturated heterocycles. The lowest BCUT2D eigenvalue weighted by Gasteiger charge is -2.62. The molecule has 178 valence electrons. The van der Waals surface area contributed by atoms with Gasteiger partial charge in [0.05, 0.1) is 11.7 Å². The molecule has 0 aliphatic heterocycles. The Morgan fingerprint density at radius 2 is 1.65 bits per heavy atom. The Hall–Kier alpha value is -0.340. The molecule has 10 atom stereocenters. The number of hydrogen-bond donors (Lipinski definition) is 2. The van der Waals surface area contributed by atoms with Crippen molar-refractivity contribution in [2.24, 2.45) is 46.3 Å². The summed E-state index contributed by atoms with van der Waals surface area (Å²) in [7, 11) is 0. The first kappa shape index (κ1) is 23.8. The summed E-state index contributed by atoms with van der Waals surface area (Å²) >= 11 is 0. The highest BCUT2D eigenvalue weighted by molar-refractivity contribution is 5.11. The van der Waals surface area contributed by atoms with Crippen molar-refractivity contribution in [1.82, 2.24) is 0 Å². The zero-order valence-electron chi connectivity index (χ0n) is 21.1. The normalized spacial score (nSPS) is 49.3. The summed E-state index contributed by atoms with van der Waals surface area (Å²) in [4.78, 5) is 0. The molecule has 0 unspecified atom stereocenters. The van der Waals surface area contributed by atoms with Crippen LogP contribution in [0.1, 0.15) is 112 Å². The maximum absolute atomic E-state index is 11.0. The van der Waals surface area contributed by atoms with Gasteiger partial charge in [-0.2, -0.15) is 0 Å². The molecule has 4 aliphatic carbocycles. The first-order chi connectivity index (χ1) is 14.7. The van der Waals surface area contributed by atoms with Crippen LogP contribution in [0.4, 0.5) is 0 Å². The molecular weight excluding hydrogens is 380 g/mol. The fourth-order valence-corrected chi connectivity index (χ4v) is 9.43. The van der Waals surface area contributed by atoms with Crippen molar-refractivity contribution >= 4 is 0 Å². The molecule has 4 fully saturated rings. The molecule has 0 amide bonds. The van der Waals surface area contributed by atoms with Gasteiger partial charge in [0.25, 0.3) is 0 Å². The van der Waals surface area contributed by atoms with Crippen molar-refractivity contribution in [1.29, 1.82) is 0 Å². The highest BCUT2D eigenvalue weighted by Crippen LogP contribution is 2.69. The molecule has 31 heavy (non-hydrogen) atoms. The van der Waals surface area contributed by atoms with E-state index in [1.165, 1.54) is 44.9 Å². The smallest absolute Gasteiger partial charge is 0.0648 e. The minimum absolute atomic E-state index is 0.195. The summed E-state index contributed by atoms with van der Waals surface area (Å²) in [5.41, 5.74) is 0.467. The van der Waals surface area contributed by atoms with Crippen LogP contribution < -0.4 is 0 Å². The second-order valence-electron chi connectivity index (χ2n) is 12.7. The number of allylic oxidation sites excluding steroid dienone is 1. The summed E-state index contributed by atoms with van der Waals surface area (Å²) < 4.78 is 0. The van der Waals surface area contributed by atoms with Crippen LogP contribution in [0.2, 0.25) is 0 Å². The van der Waals surface area contributed by atoms with Crippen LogP contribution in [0.3, 0.4) is 0 Å². The van der Waals surface area contributed by atoms with Crippen molar-refractivity contribution in [3.05, 3.63) is 12.2 Å². The Kier molecular flexibility index (Phi) is 6.75. The second-order valence-corrected chi connectivity index (χ2v) is 12.7. The third kappa shape index (κ3) is 3.96. The highest BCUT2D eigenvalue weighted by Gasteiger charge is 2.61. The van der Waals surface area contributed by atoms with Gasteiger partial charge >= 0.3 is 0 Å². The van der Waals surface area contributed by atoms with Crippen LogP contribution >= 0.6 is 0 Å². The summed E-state index contributed by atoms with van der Waals surface area (Å²) in [5.74, 6) is 4.38. The lowest BCUT2D eigenvalue weighted by Crippen LogP contribution is -2.56. The Labute approximate surface area is 192 Å². The van der Waals surface area contributed by atoms with Gasteiger partial charge in [-0.15, -0.1) is 0 Å². The van der Waals surface area contributed by atoms with Crippen molar-refractivity contribution in [2.75, 3.05) is 0 Å². The van der Waals surface area contributed by atoms with Gasteiger partial charge in [0.2, 0.25) is 0 Å². The Morgan fingerprint density at radius 3 is 2.35 bits per heavy atom. The largest absolute Gasteiger partial charge is 0.393 e. The van der Waals surface area contributed by atoms with Crippen LogP contribution in [0.25, 0.3) is 0 Å². The van der Waals surface area contributed by atoms with E-state index < -0.39 is 5.60 Å². The average Bonchev–Trinajstić information content (AvgIpc) is 3.11. The molecule has 2 nitrogen and oxygen atoms in total. The van der Waals surface area contributed by atoms with Crippen molar-refractivity contribution in [2.45, 2.75) is 123 Å². The molecule has 4 saturated carbocycles. The number of aliphatic hydroxyl groups excluding tert-OH is 1. The Morgan fingerprint density at radius 1 is 0.903 bits per heavy atom. The topological polar surface area (TPSA) is 40.5 Å². The van der Waals surface area contributed by atoms with Gasteiger partial charge in [-0.25, -0.2) is 0 Å². The Bertz CT molecular complexity index is 657. The van der Waals surface area contributed by atoms with Crippen LogP contribution in [0.5, 0.6) is 0 Å². The zero-order valence-corrected chi connectivity index (χ0v) is 21.1. The number of hydrogen-bond acceptors (Lipinski definition) is 2. The highest BCUT2D eigenvalue weighted by atomic mass is 16.3. The van der Waals surface area contributed by atoms with Crippen molar-refractivity contribution < 1.29 is 10.2 Å². The molecule has 0 spiro atoms. The molecule has 0 aromatic rings. The maximum atomic E-state index is 11.0. The quantitative estimate of drug-likeness (QED) is 0.440. The first-order valence-corrected chi connectivity index (χ1v) is 13.7. The molecule has 0 aromatic carbocycles. The van der Waals surface area contributed by atoms with E-state index >= 15 is 0 Å². The molecular formula is C29H50O2. The van der Waals surface area contributed by atoms with E-state index in [1.54, 1.807) is 0 Å². The third-order valence-electron chi connectivity index (χ3n) is 11.6.